The van der Waals surface area contributed by atoms with Crippen LogP contribution >= 0.6 is 0 Å². The van der Waals surface area contributed by atoms with Gasteiger partial charge in [-0.25, -0.2) is 0 Å². The van der Waals surface area contributed by atoms with Gasteiger partial charge in [-0.3, -0.25) is 14.4 Å². The average molecular weight is 954 g/mol. The molecule has 1 unspecified atom stereocenters. The Morgan fingerprint density at radius 1 is 0.294 bits per heavy atom. The third-order valence-corrected chi connectivity index (χ3v) is 13.1. The van der Waals surface area contributed by atoms with Gasteiger partial charge in [0.05, 0.1) is 0 Å². The molecular weight excluding hydrogens is 841 g/mol. The summed E-state index contributed by atoms with van der Waals surface area (Å²) in [5.41, 5.74) is 0. The first-order valence-electron chi connectivity index (χ1n) is 29.6. The van der Waals surface area contributed by atoms with Crippen molar-refractivity contribution in [1.82, 2.24) is 0 Å². The van der Waals surface area contributed by atoms with Crippen LogP contribution < -0.4 is 0 Å². The van der Waals surface area contributed by atoms with Crippen LogP contribution in [0.3, 0.4) is 0 Å². The quantitative estimate of drug-likeness (QED) is 0.0262. The largest absolute Gasteiger partial charge is 0.462 e. The van der Waals surface area contributed by atoms with Crippen molar-refractivity contribution in [1.29, 1.82) is 0 Å². The molecule has 0 amide bonds. The fraction of sp³-hybridized carbons (Fsp3) is 0.823. The van der Waals surface area contributed by atoms with Crippen molar-refractivity contribution >= 4 is 17.9 Å². The van der Waals surface area contributed by atoms with Crippen molar-refractivity contribution in [2.75, 3.05) is 13.2 Å². The van der Waals surface area contributed by atoms with Crippen LogP contribution in [0.1, 0.15) is 310 Å². The van der Waals surface area contributed by atoms with E-state index in [9.17, 15) is 14.4 Å². The maximum absolute atomic E-state index is 12.8. The van der Waals surface area contributed by atoms with E-state index in [1.807, 2.05) is 0 Å². The van der Waals surface area contributed by atoms with Gasteiger partial charge < -0.3 is 14.2 Å². The molecule has 396 valence electrons. The Hall–Kier alpha value is -2.63. The fourth-order valence-electron chi connectivity index (χ4n) is 8.56. The van der Waals surface area contributed by atoms with Crippen molar-refractivity contribution in [3.8, 4) is 0 Å². The molecule has 0 N–H and O–H groups in total. The summed E-state index contributed by atoms with van der Waals surface area (Å²) < 4.78 is 16.7. The van der Waals surface area contributed by atoms with Gasteiger partial charge in [-0.15, -0.1) is 0 Å². The molecule has 0 fully saturated rings. The lowest BCUT2D eigenvalue weighted by Gasteiger charge is -2.18. The molecule has 6 heteroatoms. The van der Waals surface area contributed by atoms with E-state index in [-0.39, 0.29) is 31.1 Å². The van der Waals surface area contributed by atoms with Crippen LogP contribution in [-0.4, -0.2) is 37.2 Å². The normalized spacial score (nSPS) is 12.3. The van der Waals surface area contributed by atoms with E-state index < -0.39 is 6.10 Å². The van der Waals surface area contributed by atoms with Crippen molar-refractivity contribution in [2.45, 2.75) is 316 Å². The highest BCUT2D eigenvalue weighted by atomic mass is 16.6. The molecule has 0 aromatic rings. The molecule has 68 heavy (non-hydrogen) atoms. The fourth-order valence-corrected chi connectivity index (χ4v) is 8.56. The lowest BCUT2D eigenvalue weighted by molar-refractivity contribution is -0.167. The van der Waals surface area contributed by atoms with Gasteiger partial charge in [0.15, 0.2) is 6.10 Å². The zero-order valence-corrected chi connectivity index (χ0v) is 45.4. The first-order chi connectivity index (χ1) is 33.5. The number of carbonyl (C=O) groups excluding carboxylic acids is 3. The van der Waals surface area contributed by atoms with Crippen LogP contribution in [0.5, 0.6) is 0 Å². The van der Waals surface area contributed by atoms with E-state index in [0.717, 1.165) is 96.3 Å². The average Bonchev–Trinajstić information content (AvgIpc) is 3.34. The zero-order chi connectivity index (χ0) is 49.3. The molecule has 0 aliphatic rings. The smallest absolute Gasteiger partial charge is 0.306 e. The van der Waals surface area contributed by atoms with E-state index in [1.54, 1.807) is 0 Å². The monoisotopic (exact) mass is 953 g/mol. The predicted octanol–water partition coefficient (Wildman–Crippen LogP) is 19.8. The Bertz CT molecular complexity index is 1190. The van der Waals surface area contributed by atoms with Crippen LogP contribution in [-0.2, 0) is 28.6 Å². The van der Waals surface area contributed by atoms with E-state index in [1.165, 1.54) is 173 Å². The maximum Gasteiger partial charge on any atom is 0.306 e. The number of allylic oxidation sites excluding steroid dienone is 8. The standard InChI is InChI=1S/C62H112O6/c1-4-7-10-13-15-17-19-21-23-25-26-27-28-29-30-31-32-33-34-35-36-37-39-40-42-44-46-49-52-55-61(64)67-58-59(57-66-60(63)54-51-48-12-9-6-3)68-62(65)56-53-50-47-45-43-41-38-24-22-20-18-16-14-11-8-5-2/h18-21,24-26,38,59H,4-17,22-23,27-37,39-58H2,1-3H3/b20-18-,21-19-,26-25-,38-24-. The van der Waals surface area contributed by atoms with E-state index >= 15 is 0 Å². The zero-order valence-electron chi connectivity index (χ0n) is 45.4. The van der Waals surface area contributed by atoms with Gasteiger partial charge in [0.1, 0.15) is 13.2 Å². The first-order valence-corrected chi connectivity index (χ1v) is 29.6. The van der Waals surface area contributed by atoms with Crippen LogP contribution in [0.4, 0.5) is 0 Å². The van der Waals surface area contributed by atoms with Gasteiger partial charge in [-0.1, -0.05) is 256 Å². The summed E-state index contributed by atoms with van der Waals surface area (Å²) in [6.07, 6.45) is 70.2. The topological polar surface area (TPSA) is 78.9 Å². The summed E-state index contributed by atoms with van der Waals surface area (Å²) in [6.45, 7) is 6.54. The highest BCUT2D eigenvalue weighted by Gasteiger charge is 2.19. The molecular formula is C62H112O6. The number of rotatable bonds is 54. The van der Waals surface area contributed by atoms with Crippen molar-refractivity contribution in [3.63, 3.8) is 0 Å². The molecule has 0 saturated carbocycles. The summed E-state index contributed by atoms with van der Waals surface area (Å²) in [5.74, 6) is -0.893. The number of ether oxygens (including phenoxy) is 3. The molecule has 1 atom stereocenters. The molecule has 0 saturated heterocycles. The number of carbonyl (C=O) groups is 3. The number of esters is 3. The molecule has 0 aromatic heterocycles. The van der Waals surface area contributed by atoms with Crippen LogP contribution in [0.25, 0.3) is 0 Å². The third-order valence-electron chi connectivity index (χ3n) is 13.1. The SMILES string of the molecule is CCCCCC/C=C\C/C=C\CCCCCCCC(=O)OC(COC(=O)CCCCCCC)COC(=O)CCCCCCCCCCCCCCCCCCC/C=C\C/C=C\CCCCCCC. The van der Waals surface area contributed by atoms with Gasteiger partial charge in [-0.05, 0) is 83.5 Å². The molecule has 0 aromatic carbocycles. The van der Waals surface area contributed by atoms with E-state index in [0.29, 0.717) is 19.3 Å². The minimum Gasteiger partial charge on any atom is -0.462 e. The minimum atomic E-state index is -0.775. The summed E-state index contributed by atoms with van der Waals surface area (Å²) >= 11 is 0. The Balaban J connectivity index is 3.99. The molecule has 0 aliphatic carbocycles. The Morgan fingerprint density at radius 3 is 0.824 bits per heavy atom. The molecule has 6 nitrogen and oxygen atoms in total. The minimum absolute atomic E-state index is 0.0765. The lowest BCUT2D eigenvalue weighted by atomic mass is 10.0. The molecule has 0 rings (SSSR count). The van der Waals surface area contributed by atoms with Gasteiger partial charge in [0.2, 0.25) is 0 Å². The maximum atomic E-state index is 12.8. The number of hydrogen-bond acceptors (Lipinski definition) is 6. The molecule has 0 heterocycles. The van der Waals surface area contributed by atoms with Crippen molar-refractivity contribution in [2.24, 2.45) is 0 Å². The lowest BCUT2D eigenvalue weighted by Crippen LogP contribution is -2.30. The number of hydrogen-bond donors (Lipinski definition) is 0. The summed E-state index contributed by atoms with van der Waals surface area (Å²) in [7, 11) is 0. The Labute approximate surface area is 422 Å². The molecule has 0 aliphatic heterocycles. The highest BCUT2D eigenvalue weighted by molar-refractivity contribution is 5.71. The van der Waals surface area contributed by atoms with Gasteiger partial charge in [-0.2, -0.15) is 0 Å². The second-order valence-electron chi connectivity index (χ2n) is 19.9. The van der Waals surface area contributed by atoms with Crippen LogP contribution in [0.2, 0.25) is 0 Å². The molecule has 0 bridgehead atoms. The Morgan fingerprint density at radius 2 is 0.529 bits per heavy atom. The van der Waals surface area contributed by atoms with Crippen molar-refractivity contribution in [3.05, 3.63) is 48.6 Å². The van der Waals surface area contributed by atoms with Gasteiger partial charge >= 0.3 is 17.9 Å². The van der Waals surface area contributed by atoms with E-state index in [4.69, 9.17) is 14.2 Å². The first kappa shape index (κ1) is 65.4. The second-order valence-corrected chi connectivity index (χ2v) is 19.9. The van der Waals surface area contributed by atoms with Gasteiger partial charge in [0.25, 0.3) is 0 Å². The Kier molecular flexibility index (Phi) is 54.8. The van der Waals surface area contributed by atoms with Gasteiger partial charge in [0, 0.05) is 19.3 Å². The predicted molar refractivity (Wildman–Crippen MR) is 293 cm³/mol. The molecule has 0 spiro atoms. The number of unbranched alkanes of at least 4 members (excludes halogenated alkanes) is 35. The third kappa shape index (κ3) is 54.3. The van der Waals surface area contributed by atoms with E-state index in [2.05, 4.69) is 69.4 Å². The van der Waals surface area contributed by atoms with Crippen LogP contribution in [0, 0.1) is 0 Å². The summed E-state index contributed by atoms with van der Waals surface area (Å²) in [4.78, 5) is 37.8. The summed E-state index contributed by atoms with van der Waals surface area (Å²) in [6, 6.07) is 0. The van der Waals surface area contributed by atoms with Crippen LogP contribution in [0.15, 0.2) is 48.6 Å². The summed E-state index contributed by atoms with van der Waals surface area (Å²) in [5, 5.41) is 0. The second kappa shape index (κ2) is 57.0. The molecule has 0 radical (unpaired) electrons. The van der Waals surface area contributed by atoms with Crippen molar-refractivity contribution < 1.29 is 28.6 Å². The highest BCUT2D eigenvalue weighted by Crippen LogP contribution is 2.16.